The van der Waals surface area contributed by atoms with Gasteiger partial charge in [-0.3, -0.25) is 10.1 Å². The van der Waals surface area contributed by atoms with Crippen LogP contribution in [0.5, 0.6) is 5.75 Å². The number of rotatable bonds is 5. The van der Waals surface area contributed by atoms with Crippen LogP contribution in [0.1, 0.15) is 0 Å². The molecule has 0 saturated carbocycles. The molecule has 0 aliphatic rings. The third-order valence-electron chi connectivity index (χ3n) is 1.77. The normalized spacial score (nSPS) is 11.3. The summed E-state index contributed by atoms with van der Waals surface area (Å²) < 4.78 is 27.3. The quantitative estimate of drug-likeness (QED) is 0.413. The van der Waals surface area contributed by atoms with E-state index in [0.717, 1.165) is 0 Å². The maximum absolute atomic E-state index is 10.7. The Hall–Kier alpha value is -0.380. The third kappa shape index (κ3) is 4.71. The zero-order valence-corrected chi connectivity index (χ0v) is 13.3. The molecule has 0 aliphatic heterocycles. The van der Waals surface area contributed by atoms with Gasteiger partial charge in [-0.1, -0.05) is 0 Å². The predicted molar refractivity (Wildman–Crippen MR) is 73.6 cm³/mol. The maximum Gasteiger partial charge on any atom is 0.271 e. The highest BCUT2D eigenvalue weighted by molar-refractivity contribution is 9.11. The van der Waals surface area contributed by atoms with Crippen molar-refractivity contribution in [3.8, 4) is 5.75 Å². The molecule has 1 aromatic rings. The Kier molecular flexibility index (Phi) is 5.38. The molecule has 0 atom stereocenters. The first-order valence-corrected chi connectivity index (χ1v) is 8.45. The fourth-order valence-corrected chi connectivity index (χ4v) is 2.90. The summed E-state index contributed by atoms with van der Waals surface area (Å²) in [5, 5.41) is 10.6. The van der Waals surface area contributed by atoms with Crippen molar-refractivity contribution in [2.45, 2.75) is 0 Å². The van der Waals surface area contributed by atoms with Crippen molar-refractivity contribution in [1.29, 1.82) is 0 Å². The summed E-state index contributed by atoms with van der Waals surface area (Å²) in [6, 6.07) is 2.52. The minimum atomic E-state index is -3.63. The number of non-ortho nitro benzene ring substituents is 1. The van der Waals surface area contributed by atoms with E-state index in [1.165, 1.54) is 12.1 Å². The topological polar surface area (TPSA) is 86.5 Å². The maximum atomic E-state index is 10.7. The SMILES string of the molecule is O=[N+]([O-])c1cc(Br)c(OCCS(=O)(=O)Cl)c(Br)c1. The van der Waals surface area contributed by atoms with Gasteiger partial charge in [0.1, 0.15) is 12.4 Å². The van der Waals surface area contributed by atoms with Gasteiger partial charge in [0.25, 0.3) is 5.69 Å². The molecule has 1 rings (SSSR count). The van der Waals surface area contributed by atoms with E-state index in [2.05, 4.69) is 31.9 Å². The molecule has 0 fully saturated rings. The van der Waals surface area contributed by atoms with Gasteiger partial charge in [-0.2, -0.15) is 0 Å². The van der Waals surface area contributed by atoms with Gasteiger partial charge in [0.05, 0.1) is 19.6 Å². The highest BCUT2D eigenvalue weighted by atomic mass is 79.9. The summed E-state index contributed by atoms with van der Waals surface area (Å²) in [5.41, 5.74) is -0.119. The molecule has 0 spiro atoms. The predicted octanol–water partition coefficient (Wildman–Crippen LogP) is 3.07. The van der Waals surface area contributed by atoms with Crippen LogP contribution < -0.4 is 4.74 Å². The number of benzene rings is 1. The summed E-state index contributed by atoms with van der Waals surface area (Å²) in [7, 11) is 1.39. The van der Waals surface area contributed by atoms with Crippen molar-refractivity contribution in [2.75, 3.05) is 12.4 Å². The Morgan fingerprint density at radius 2 is 1.83 bits per heavy atom. The number of hydrogen-bond donors (Lipinski definition) is 0. The van der Waals surface area contributed by atoms with Crippen LogP contribution in [0.2, 0.25) is 0 Å². The smallest absolute Gasteiger partial charge is 0.271 e. The lowest BCUT2D eigenvalue weighted by molar-refractivity contribution is -0.385. The number of ether oxygens (including phenoxy) is 1. The van der Waals surface area contributed by atoms with Crippen LogP contribution in [0.25, 0.3) is 0 Å². The Labute approximate surface area is 124 Å². The van der Waals surface area contributed by atoms with Gasteiger partial charge >= 0.3 is 0 Å². The highest BCUT2D eigenvalue weighted by Crippen LogP contribution is 2.37. The number of nitrogens with zero attached hydrogens (tertiary/aromatic N) is 1. The molecule has 100 valence electrons. The van der Waals surface area contributed by atoms with E-state index in [1.807, 2.05) is 0 Å². The molecule has 0 radical (unpaired) electrons. The van der Waals surface area contributed by atoms with E-state index in [9.17, 15) is 18.5 Å². The number of hydrogen-bond acceptors (Lipinski definition) is 5. The third-order valence-corrected chi connectivity index (χ3v) is 4.06. The molecule has 0 saturated heterocycles. The molecule has 0 heterocycles. The standard InChI is InChI=1S/C8H6Br2ClNO5S/c9-6-3-5(12(13)14)4-7(10)8(6)17-1-2-18(11,15)16/h3-4H,1-2H2. The fourth-order valence-electron chi connectivity index (χ4n) is 1.03. The van der Waals surface area contributed by atoms with E-state index in [4.69, 9.17) is 15.4 Å². The van der Waals surface area contributed by atoms with Crippen LogP contribution in [0.15, 0.2) is 21.1 Å². The van der Waals surface area contributed by atoms with E-state index in [-0.39, 0.29) is 23.8 Å². The average Bonchev–Trinajstić information content (AvgIpc) is 2.20. The van der Waals surface area contributed by atoms with Crippen molar-refractivity contribution in [3.05, 3.63) is 31.2 Å². The summed E-state index contributed by atoms with van der Waals surface area (Å²) in [4.78, 5) is 10.0. The van der Waals surface area contributed by atoms with Gasteiger partial charge in [-0.05, 0) is 31.9 Å². The summed E-state index contributed by atoms with van der Waals surface area (Å²) in [5.74, 6) is -0.0781. The molecule has 0 unspecified atom stereocenters. The first-order valence-electron chi connectivity index (χ1n) is 4.39. The van der Waals surface area contributed by atoms with Crippen molar-refractivity contribution in [3.63, 3.8) is 0 Å². The molecular formula is C8H6Br2ClNO5S. The molecular weight excluding hydrogens is 417 g/mol. The van der Waals surface area contributed by atoms with Crippen LogP contribution in [-0.2, 0) is 9.05 Å². The van der Waals surface area contributed by atoms with Gasteiger partial charge < -0.3 is 4.74 Å². The molecule has 0 bridgehead atoms. The van der Waals surface area contributed by atoms with Crippen LogP contribution in [0.4, 0.5) is 5.69 Å². The molecule has 0 N–H and O–H groups in total. The molecule has 6 nitrogen and oxygen atoms in total. The van der Waals surface area contributed by atoms with E-state index in [1.54, 1.807) is 0 Å². The highest BCUT2D eigenvalue weighted by Gasteiger charge is 2.15. The van der Waals surface area contributed by atoms with Crippen LogP contribution >= 0.6 is 42.5 Å². The molecule has 0 aromatic heterocycles. The second kappa shape index (κ2) is 6.18. The monoisotopic (exact) mass is 421 g/mol. The Balaban J connectivity index is 2.87. The van der Waals surface area contributed by atoms with Gasteiger partial charge in [0.15, 0.2) is 0 Å². The molecule has 1 aromatic carbocycles. The minimum Gasteiger partial charge on any atom is -0.490 e. The van der Waals surface area contributed by atoms with Gasteiger partial charge in [0.2, 0.25) is 9.05 Å². The summed E-state index contributed by atoms with van der Waals surface area (Å²) >= 11 is 6.21. The Bertz CT molecular complexity index is 554. The molecule has 10 heteroatoms. The van der Waals surface area contributed by atoms with E-state index < -0.39 is 14.0 Å². The Morgan fingerprint density at radius 1 is 1.33 bits per heavy atom. The van der Waals surface area contributed by atoms with Crippen molar-refractivity contribution in [1.82, 2.24) is 0 Å². The van der Waals surface area contributed by atoms with Gasteiger partial charge in [-0.25, -0.2) is 8.42 Å². The lowest BCUT2D eigenvalue weighted by atomic mass is 10.3. The lowest BCUT2D eigenvalue weighted by Crippen LogP contribution is -2.09. The fraction of sp³-hybridized carbons (Fsp3) is 0.250. The zero-order valence-electron chi connectivity index (χ0n) is 8.60. The molecule has 0 aliphatic carbocycles. The zero-order chi connectivity index (χ0) is 13.9. The lowest BCUT2D eigenvalue weighted by Gasteiger charge is -2.09. The Morgan fingerprint density at radius 3 is 2.22 bits per heavy atom. The first kappa shape index (κ1) is 15.7. The minimum absolute atomic E-state index is 0.119. The van der Waals surface area contributed by atoms with Crippen molar-refractivity contribution < 1.29 is 18.1 Å². The van der Waals surface area contributed by atoms with E-state index in [0.29, 0.717) is 8.95 Å². The molecule has 18 heavy (non-hydrogen) atoms. The van der Waals surface area contributed by atoms with Crippen LogP contribution in [0.3, 0.4) is 0 Å². The average molecular weight is 423 g/mol. The van der Waals surface area contributed by atoms with Crippen molar-refractivity contribution in [2.24, 2.45) is 0 Å². The molecule has 0 amide bonds. The van der Waals surface area contributed by atoms with Crippen molar-refractivity contribution >= 4 is 57.3 Å². The second-order valence-corrected chi connectivity index (χ2v) is 7.69. The van der Waals surface area contributed by atoms with Gasteiger partial charge in [-0.15, -0.1) is 0 Å². The second-order valence-electron chi connectivity index (χ2n) is 3.09. The number of nitro groups is 1. The number of halogens is 3. The summed E-state index contributed by atoms with van der Waals surface area (Å²) in [6.07, 6.45) is 0. The van der Waals surface area contributed by atoms with E-state index >= 15 is 0 Å². The largest absolute Gasteiger partial charge is 0.490 e. The first-order chi connectivity index (χ1) is 8.20. The number of nitro benzene ring substituents is 1. The summed E-state index contributed by atoms with van der Waals surface area (Å²) in [6.45, 7) is -0.152. The van der Waals surface area contributed by atoms with Crippen LogP contribution in [0, 0.1) is 10.1 Å². The van der Waals surface area contributed by atoms with Crippen LogP contribution in [-0.4, -0.2) is 25.7 Å². The van der Waals surface area contributed by atoms with Gasteiger partial charge in [0, 0.05) is 22.8 Å².